The molecule has 0 saturated carbocycles. The smallest absolute Gasteiger partial charge is 0.258 e. The summed E-state index contributed by atoms with van der Waals surface area (Å²) in [4.78, 5) is 27.0. The number of likely N-dealkylation sites (N-methyl/N-ethyl adjacent to an activating group) is 1. The molecule has 8 heteroatoms. The number of benzene rings is 1. The molecule has 1 amide bonds. The zero-order valence-corrected chi connectivity index (χ0v) is 17.1. The second-order valence-electron chi connectivity index (χ2n) is 7.47. The zero-order valence-electron chi connectivity index (χ0n) is 16.3. The van der Waals surface area contributed by atoms with Crippen molar-refractivity contribution in [3.05, 3.63) is 59.2 Å². The van der Waals surface area contributed by atoms with Gasteiger partial charge in [0.2, 0.25) is 0 Å². The van der Waals surface area contributed by atoms with E-state index in [0.717, 1.165) is 32.0 Å². The van der Waals surface area contributed by atoms with E-state index in [-0.39, 0.29) is 12.5 Å². The molecule has 152 valence electrons. The molecular weight excluding hydrogens is 400 g/mol. The van der Waals surface area contributed by atoms with Gasteiger partial charge in [-0.2, -0.15) is 0 Å². The number of nitrogens with one attached hydrogen (secondary N) is 1. The number of amides is 1. The maximum Gasteiger partial charge on any atom is 0.258 e. The number of aromatic amines is 1. The van der Waals surface area contributed by atoms with Crippen LogP contribution in [0.5, 0.6) is 0 Å². The minimum absolute atomic E-state index is 0.149. The van der Waals surface area contributed by atoms with Crippen molar-refractivity contribution < 1.29 is 15.0 Å². The molecule has 3 N–H and O–H groups in total. The third-order valence-electron chi connectivity index (χ3n) is 5.65. The van der Waals surface area contributed by atoms with Crippen molar-refractivity contribution in [1.29, 1.82) is 0 Å². The Morgan fingerprint density at radius 1 is 1.30 bits per heavy atom. The van der Waals surface area contributed by atoms with Gasteiger partial charge in [-0.15, -0.1) is 11.3 Å². The molecule has 0 radical (unpaired) electrons. The molecule has 30 heavy (non-hydrogen) atoms. The Bertz CT molecular complexity index is 1260. The molecular formula is C22H20N4O3S. The number of carbonyl (C=O) groups is 1. The van der Waals surface area contributed by atoms with Gasteiger partial charge in [-0.25, -0.2) is 9.97 Å². The highest BCUT2D eigenvalue weighted by Gasteiger charge is 2.45. The van der Waals surface area contributed by atoms with Crippen LogP contribution < -0.4 is 0 Å². The van der Waals surface area contributed by atoms with Crippen LogP contribution in [-0.4, -0.2) is 49.6 Å². The number of carbonyl (C=O) groups excluding carboxylic acids is 1. The van der Waals surface area contributed by atoms with E-state index in [2.05, 4.69) is 9.97 Å². The van der Waals surface area contributed by atoms with Crippen molar-refractivity contribution in [2.75, 3.05) is 13.6 Å². The van der Waals surface area contributed by atoms with Gasteiger partial charge in [-0.3, -0.25) is 4.79 Å². The first-order chi connectivity index (χ1) is 14.5. The van der Waals surface area contributed by atoms with Gasteiger partial charge in [-0.1, -0.05) is 18.2 Å². The van der Waals surface area contributed by atoms with Crippen LogP contribution in [0.15, 0.2) is 48.8 Å². The highest BCUT2D eigenvalue weighted by Crippen LogP contribution is 2.39. The van der Waals surface area contributed by atoms with E-state index < -0.39 is 5.60 Å². The monoisotopic (exact) mass is 420 g/mol. The van der Waals surface area contributed by atoms with Gasteiger partial charge < -0.3 is 20.1 Å². The quantitative estimate of drug-likeness (QED) is 0.471. The van der Waals surface area contributed by atoms with E-state index in [0.29, 0.717) is 24.2 Å². The Labute approximate surface area is 176 Å². The van der Waals surface area contributed by atoms with Crippen molar-refractivity contribution in [2.45, 2.75) is 18.6 Å². The molecule has 1 aromatic carbocycles. The molecule has 1 fully saturated rings. The lowest BCUT2D eigenvalue weighted by molar-refractivity contribution is -0.143. The lowest BCUT2D eigenvalue weighted by Gasteiger charge is -2.21. The molecule has 4 aromatic rings. The number of rotatable bonds is 4. The van der Waals surface area contributed by atoms with Gasteiger partial charge in [0.15, 0.2) is 5.60 Å². The predicted molar refractivity (Wildman–Crippen MR) is 115 cm³/mol. The summed E-state index contributed by atoms with van der Waals surface area (Å²) in [6.45, 7) is 0.362. The Balaban J connectivity index is 1.59. The molecule has 0 bridgehead atoms. The standard InChI is InChI=1S/C22H20N4O3S/c1-26-9-7-22(29,21(26)28)14-5-2-4-13(10-14)18-17(12-27)30-20(25-18)16-11-24-19-15(16)6-3-8-23-19/h2-6,8,10-11,27,29H,7,9,12H2,1H3,(H,23,24)/t22-/m1/s1. The van der Waals surface area contributed by atoms with Crippen molar-refractivity contribution in [1.82, 2.24) is 19.9 Å². The topological polar surface area (TPSA) is 102 Å². The fourth-order valence-electron chi connectivity index (χ4n) is 3.98. The van der Waals surface area contributed by atoms with Gasteiger partial charge in [0.25, 0.3) is 5.91 Å². The van der Waals surface area contributed by atoms with Gasteiger partial charge in [0.1, 0.15) is 10.7 Å². The molecule has 0 aliphatic carbocycles. The Hall–Kier alpha value is -3.07. The van der Waals surface area contributed by atoms with Crippen LogP contribution in [0.1, 0.15) is 16.9 Å². The number of fused-ring (bicyclic) bond motifs is 1. The van der Waals surface area contributed by atoms with Crippen LogP contribution in [0, 0.1) is 0 Å². The summed E-state index contributed by atoms with van der Waals surface area (Å²) in [5.74, 6) is -0.299. The summed E-state index contributed by atoms with van der Waals surface area (Å²) in [5.41, 5.74) is 2.14. The summed E-state index contributed by atoms with van der Waals surface area (Å²) in [5, 5.41) is 22.7. The number of pyridine rings is 1. The van der Waals surface area contributed by atoms with E-state index in [1.54, 1.807) is 25.4 Å². The fraction of sp³-hybridized carbons (Fsp3) is 0.227. The van der Waals surface area contributed by atoms with E-state index in [1.807, 2.05) is 30.5 Å². The number of aliphatic hydroxyl groups is 2. The summed E-state index contributed by atoms with van der Waals surface area (Å²) < 4.78 is 0. The number of hydrogen-bond acceptors (Lipinski definition) is 6. The first-order valence-electron chi connectivity index (χ1n) is 9.63. The highest BCUT2D eigenvalue weighted by atomic mass is 32.1. The van der Waals surface area contributed by atoms with Crippen LogP contribution in [0.3, 0.4) is 0 Å². The van der Waals surface area contributed by atoms with Crippen LogP contribution in [0.2, 0.25) is 0 Å². The van der Waals surface area contributed by atoms with Gasteiger partial charge in [-0.05, 0) is 23.8 Å². The van der Waals surface area contributed by atoms with Crippen LogP contribution in [0.4, 0.5) is 0 Å². The fourth-order valence-corrected chi connectivity index (χ4v) is 4.95. The summed E-state index contributed by atoms with van der Waals surface area (Å²) in [7, 11) is 1.69. The molecule has 5 rings (SSSR count). The largest absolute Gasteiger partial charge is 0.391 e. The molecule has 1 aliphatic rings. The zero-order chi connectivity index (χ0) is 20.9. The van der Waals surface area contributed by atoms with E-state index in [4.69, 9.17) is 4.98 Å². The second-order valence-corrected chi connectivity index (χ2v) is 8.55. The maximum atomic E-state index is 12.5. The summed E-state index contributed by atoms with van der Waals surface area (Å²) in [6, 6.07) is 11.1. The lowest BCUT2D eigenvalue weighted by atomic mass is 9.90. The molecule has 1 aliphatic heterocycles. The van der Waals surface area contributed by atoms with Crippen LogP contribution in [0.25, 0.3) is 32.9 Å². The van der Waals surface area contributed by atoms with Crippen LogP contribution in [-0.2, 0) is 17.0 Å². The maximum absolute atomic E-state index is 12.5. The minimum atomic E-state index is -1.52. The Kier molecular flexibility index (Phi) is 4.43. The summed E-state index contributed by atoms with van der Waals surface area (Å²) >= 11 is 1.42. The lowest BCUT2D eigenvalue weighted by Crippen LogP contribution is -2.36. The molecule has 7 nitrogen and oxygen atoms in total. The number of H-pyrrole nitrogens is 1. The first-order valence-corrected chi connectivity index (χ1v) is 10.4. The summed E-state index contributed by atoms with van der Waals surface area (Å²) in [6.07, 6.45) is 3.95. The van der Waals surface area contributed by atoms with Gasteiger partial charge in [0, 0.05) is 48.9 Å². The van der Waals surface area contributed by atoms with Gasteiger partial charge >= 0.3 is 0 Å². The van der Waals surface area contributed by atoms with E-state index in [1.165, 1.54) is 16.2 Å². The number of nitrogens with zero attached hydrogens (tertiary/aromatic N) is 3. The van der Waals surface area contributed by atoms with E-state index in [9.17, 15) is 15.0 Å². The first kappa shape index (κ1) is 18.9. The van der Waals surface area contributed by atoms with Crippen molar-refractivity contribution >= 4 is 28.3 Å². The molecule has 3 aromatic heterocycles. The number of hydrogen-bond donors (Lipinski definition) is 3. The minimum Gasteiger partial charge on any atom is -0.391 e. The number of aliphatic hydroxyl groups excluding tert-OH is 1. The van der Waals surface area contributed by atoms with Crippen molar-refractivity contribution in [2.24, 2.45) is 0 Å². The van der Waals surface area contributed by atoms with Gasteiger partial charge in [0.05, 0.1) is 17.2 Å². The number of aromatic nitrogens is 3. The van der Waals surface area contributed by atoms with E-state index >= 15 is 0 Å². The molecule has 4 heterocycles. The molecule has 0 spiro atoms. The Morgan fingerprint density at radius 2 is 2.17 bits per heavy atom. The molecule has 0 unspecified atom stereocenters. The third-order valence-corrected chi connectivity index (χ3v) is 6.72. The molecule has 1 saturated heterocycles. The highest BCUT2D eigenvalue weighted by molar-refractivity contribution is 7.15. The number of thiazole rings is 1. The molecule has 1 atom stereocenters. The average molecular weight is 420 g/mol. The van der Waals surface area contributed by atoms with Crippen molar-refractivity contribution in [3.8, 4) is 21.8 Å². The Morgan fingerprint density at radius 3 is 2.93 bits per heavy atom. The second kappa shape index (κ2) is 7.02. The predicted octanol–water partition coefficient (Wildman–Crippen LogP) is 2.90. The SMILES string of the molecule is CN1CC[C@@](O)(c2cccc(-c3nc(-c4c[nH]c5ncccc45)sc3CO)c2)C1=O. The third kappa shape index (κ3) is 2.84. The van der Waals surface area contributed by atoms with Crippen molar-refractivity contribution in [3.63, 3.8) is 0 Å². The normalized spacial score (nSPS) is 19.2. The average Bonchev–Trinajstić information content (AvgIpc) is 3.46. The number of likely N-dealkylation sites (tertiary alicyclic amines) is 1. The van der Waals surface area contributed by atoms with Crippen LogP contribution >= 0.6 is 11.3 Å².